The summed E-state index contributed by atoms with van der Waals surface area (Å²) in [5.41, 5.74) is 3.08. The predicted octanol–water partition coefficient (Wildman–Crippen LogP) is 5.69. The van der Waals surface area contributed by atoms with Crippen LogP contribution in [0.1, 0.15) is 47.6 Å². The Hall–Kier alpha value is -3.78. The number of pyridine rings is 1. The summed E-state index contributed by atoms with van der Waals surface area (Å²) in [5, 5.41) is 10.00. The molecule has 43 heavy (non-hydrogen) atoms. The molecule has 2 aliphatic rings. The van der Waals surface area contributed by atoms with Crippen LogP contribution in [0.15, 0.2) is 64.3 Å². The van der Waals surface area contributed by atoms with Crippen molar-refractivity contribution >= 4 is 46.1 Å². The van der Waals surface area contributed by atoms with Crippen LogP contribution in [0.3, 0.4) is 0 Å². The molecule has 0 radical (unpaired) electrons. The van der Waals surface area contributed by atoms with Crippen LogP contribution < -0.4 is 10.5 Å². The third-order valence-electron chi connectivity index (χ3n) is 7.91. The van der Waals surface area contributed by atoms with E-state index in [0.717, 1.165) is 43.9 Å². The number of aromatic nitrogens is 1. The Bertz CT molecular complexity index is 1640. The van der Waals surface area contributed by atoms with Crippen LogP contribution in [-0.2, 0) is 24.4 Å². The number of benzene rings is 2. The highest BCUT2D eigenvalue weighted by atomic mass is 32.2. The number of piperazine rings is 1. The Morgan fingerprint density at radius 1 is 1.00 bits per heavy atom. The molecular formula is C33H34FN5O2S2. The molecule has 10 heteroatoms. The van der Waals surface area contributed by atoms with Gasteiger partial charge in [0.15, 0.2) is 0 Å². The van der Waals surface area contributed by atoms with E-state index in [4.69, 9.17) is 12.2 Å². The Morgan fingerprint density at radius 2 is 1.67 bits per heavy atom. The molecule has 2 aliphatic heterocycles. The van der Waals surface area contributed by atoms with Crippen LogP contribution in [0, 0.1) is 24.1 Å². The Kier molecular flexibility index (Phi) is 9.76. The molecule has 0 spiro atoms. The smallest absolute Gasteiger partial charge is 0.270 e. The minimum Gasteiger partial charge on any atom is -0.355 e. The van der Waals surface area contributed by atoms with Crippen molar-refractivity contribution in [3.05, 3.63) is 103 Å². The monoisotopic (exact) mass is 615 g/mol. The summed E-state index contributed by atoms with van der Waals surface area (Å²) >= 11 is 6.78. The lowest BCUT2D eigenvalue weighted by molar-refractivity contribution is -0.122. The molecule has 3 heterocycles. The number of thioether (sulfide) groups is 1. The number of nitriles is 1. The highest BCUT2D eigenvalue weighted by Gasteiger charge is 2.34. The average Bonchev–Trinajstić information content (AvgIpc) is 3.27. The number of thiocarbonyl (C=S) groups is 1. The number of nitrogens with zero attached hydrogens (tertiary/aromatic N) is 5. The van der Waals surface area contributed by atoms with Crippen molar-refractivity contribution in [2.45, 2.75) is 46.3 Å². The van der Waals surface area contributed by atoms with Crippen molar-refractivity contribution < 1.29 is 9.18 Å². The van der Waals surface area contributed by atoms with Crippen molar-refractivity contribution in [3.8, 4) is 6.07 Å². The highest BCUT2D eigenvalue weighted by molar-refractivity contribution is 8.26. The van der Waals surface area contributed by atoms with Crippen molar-refractivity contribution in [2.24, 2.45) is 0 Å². The third-order valence-corrected chi connectivity index (χ3v) is 9.28. The largest absolute Gasteiger partial charge is 0.355 e. The third kappa shape index (κ3) is 6.74. The molecule has 3 aromatic rings. The van der Waals surface area contributed by atoms with Gasteiger partial charge in [0.2, 0.25) is 0 Å². The minimum absolute atomic E-state index is 0.0932. The number of anilines is 1. The number of carbonyl (C=O) groups is 1. The van der Waals surface area contributed by atoms with E-state index in [1.807, 2.05) is 18.2 Å². The molecule has 0 N–H and O–H groups in total. The van der Waals surface area contributed by atoms with Gasteiger partial charge in [-0.3, -0.25) is 24.0 Å². The van der Waals surface area contributed by atoms with Gasteiger partial charge in [-0.05, 0) is 48.2 Å². The van der Waals surface area contributed by atoms with Crippen molar-refractivity contribution in [2.75, 3.05) is 31.1 Å². The fraction of sp³-hybridized carbons (Fsp3) is 0.333. The molecule has 2 saturated heterocycles. The molecule has 0 atom stereocenters. The number of rotatable bonds is 9. The lowest BCUT2D eigenvalue weighted by Gasteiger charge is -2.38. The lowest BCUT2D eigenvalue weighted by atomic mass is 10.0. The van der Waals surface area contributed by atoms with Gasteiger partial charge < -0.3 is 4.90 Å². The molecule has 0 saturated carbocycles. The quantitative estimate of drug-likeness (QED) is 0.226. The first-order valence-corrected chi connectivity index (χ1v) is 15.7. The summed E-state index contributed by atoms with van der Waals surface area (Å²) in [6, 6.07) is 18.5. The van der Waals surface area contributed by atoms with Crippen LogP contribution in [0.5, 0.6) is 0 Å². The second-order valence-electron chi connectivity index (χ2n) is 10.8. The molecule has 222 valence electrons. The van der Waals surface area contributed by atoms with Crippen LogP contribution in [0.25, 0.3) is 6.08 Å². The molecule has 1 aromatic heterocycles. The van der Waals surface area contributed by atoms with Crippen molar-refractivity contribution in [1.29, 1.82) is 5.26 Å². The van der Waals surface area contributed by atoms with Gasteiger partial charge in [-0.1, -0.05) is 79.8 Å². The predicted molar refractivity (Wildman–Crippen MR) is 174 cm³/mol. The Morgan fingerprint density at radius 3 is 2.33 bits per heavy atom. The maximum atomic E-state index is 13.6. The second-order valence-corrected chi connectivity index (χ2v) is 12.5. The van der Waals surface area contributed by atoms with Gasteiger partial charge in [0.25, 0.3) is 11.5 Å². The molecular weight excluding hydrogens is 582 g/mol. The van der Waals surface area contributed by atoms with Gasteiger partial charge in [-0.15, -0.1) is 0 Å². The average molecular weight is 616 g/mol. The van der Waals surface area contributed by atoms with E-state index in [1.54, 1.807) is 29.7 Å². The van der Waals surface area contributed by atoms with Gasteiger partial charge in [-0.25, -0.2) is 4.39 Å². The fourth-order valence-electron chi connectivity index (χ4n) is 5.51. The molecule has 1 amide bonds. The number of hydrogen-bond donors (Lipinski definition) is 0. The van der Waals surface area contributed by atoms with Gasteiger partial charge in [0, 0.05) is 44.8 Å². The lowest BCUT2D eigenvalue weighted by Crippen LogP contribution is -2.48. The SMILES string of the molecule is CCCCn1c(N2CCN(Cc3ccccc3)CC2)c(/C=C2\SC(=S)N(Cc3ccc(F)cc3)C2=O)c(C)c(C#N)c1=O. The Labute approximate surface area is 261 Å². The molecule has 0 unspecified atom stereocenters. The fourth-order valence-corrected chi connectivity index (χ4v) is 6.74. The van der Waals surface area contributed by atoms with E-state index in [-0.39, 0.29) is 29.4 Å². The van der Waals surface area contributed by atoms with Crippen LogP contribution in [0.2, 0.25) is 0 Å². The van der Waals surface area contributed by atoms with E-state index in [2.05, 4.69) is 34.9 Å². The van der Waals surface area contributed by atoms with E-state index in [9.17, 15) is 19.2 Å². The molecule has 0 aliphatic carbocycles. The zero-order valence-corrected chi connectivity index (χ0v) is 26.0. The zero-order valence-electron chi connectivity index (χ0n) is 24.4. The number of hydrogen-bond acceptors (Lipinski definition) is 7. The van der Waals surface area contributed by atoms with E-state index in [1.165, 1.54) is 34.4 Å². The van der Waals surface area contributed by atoms with Gasteiger partial charge in [0.05, 0.1) is 11.4 Å². The summed E-state index contributed by atoms with van der Waals surface area (Å²) in [5.74, 6) is 0.157. The van der Waals surface area contributed by atoms with Gasteiger partial charge >= 0.3 is 0 Å². The van der Waals surface area contributed by atoms with Crippen molar-refractivity contribution in [1.82, 2.24) is 14.4 Å². The number of carbonyl (C=O) groups excluding carboxylic acids is 1. The summed E-state index contributed by atoms with van der Waals surface area (Å²) in [4.78, 5) is 33.8. The topological polar surface area (TPSA) is 72.6 Å². The van der Waals surface area contributed by atoms with E-state index in [0.29, 0.717) is 40.0 Å². The first kappa shape index (κ1) is 30.7. The first-order chi connectivity index (χ1) is 20.8. The molecule has 0 bridgehead atoms. The maximum Gasteiger partial charge on any atom is 0.270 e. The molecule has 2 aromatic carbocycles. The second kappa shape index (κ2) is 13.7. The number of halogens is 1. The van der Waals surface area contributed by atoms with E-state index >= 15 is 0 Å². The van der Waals surface area contributed by atoms with Crippen LogP contribution in [0.4, 0.5) is 10.2 Å². The van der Waals surface area contributed by atoms with Gasteiger partial charge in [-0.2, -0.15) is 5.26 Å². The summed E-state index contributed by atoms with van der Waals surface area (Å²) in [7, 11) is 0. The number of amides is 1. The summed E-state index contributed by atoms with van der Waals surface area (Å²) in [6.45, 7) is 8.46. The zero-order chi connectivity index (χ0) is 30.5. The van der Waals surface area contributed by atoms with Gasteiger partial charge in [0.1, 0.15) is 27.6 Å². The minimum atomic E-state index is -0.343. The maximum absolute atomic E-state index is 13.6. The van der Waals surface area contributed by atoms with Crippen LogP contribution >= 0.6 is 24.0 Å². The summed E-state index contributed by atoms with van der Waals surface area (Å²) < 4.78 is 15.6. The number of unbranched alkanes of at least 4 members (excludes halogenated alkanes) is 1. The molecule has 5 rings (SSSR count). The molecule has 7 nitrogen and oxygen atoms in total. The molecule has 2 fully saturated rings. The first-order valence-electron chi connectivity index (χ1n) is 14.5. The standard InChI is InChI=1S/C33H34FN5O2S2/c1-3-4-14-38-30(37-17-15-36(16-18-37)21-24-8-6-5-7-9-24)27(23(2)28(20-35)31(38)40)19-29-32(41)39(33(42)43-29)22-25-10-12-26(34)13-11-25/h5-13,19H,3-4,14-18,21-22H2,1-2H3/b29-19-. The Balaban J connectivity index is 1.50. The van der Waals surface area contributed by atoms with Crippen LogP contribution in [-0.4, -0.2) is 50.8 Å². The van der Waals surface area contributed by atoms with E-state index < -0.39 is 0 Å². The summed E-state index contributed by atoms with van der Waals surface area (Å²) in [6.07, 6.45) is 3.48. The normalized spacial score (nSPS) is 16.7. The van der Waals surface area contributed by atoms with Crippen molar-refractivity contribution in [3.63, 3.8) is 0 Å². The highest BCUT2D eigenvalue weighted by Crippen LogP contribution is 2.37.